The van der Waals surface area contributed by atoms with E-state index in [0.717, 1.165) is 22.5 Å². The van der Waals surface area contributed by atoms with Crippen LogP contribution in [0, 0.1) is 27.7 Å². The molecule has 1 fully saturated rings. The molecule has 0 unspecified atom stereocenters. The van der Waals surface area contributed by atoms with Gasteiger partial charge in [-0.25, -0.2) is 8.42 Å². The van der Waals surface area contributed by atoms with E-state index in [9.17, 15) is 16.8 Å². The van der Waals surface area contributed by atoms with E-state index in [1.54, 1.807) is 19.1 Å². The van der Waals surface area contributed by atoms with Gasteiger partial charge in [0.05, 0.1) is 16.3 Å². The predicted molar refractivity (Wildman–Crippen MR) is 98.2 cm³/mol. The number of hydrogen-bond donors (Lipinski definition) is 0. The Kier molecular flexibility index (Phi) is 4.74. The summed E-state index contributed by atoms with van der Waals surface area (Å²) in [7, 11) is -7.74. The van der Waals surface area contributed by atoms with Crippen LogP contribution in [0.5, 0.6) is 0 Å². The van der Waals surface area contributed by atoms with E-state index in [-0.39, 0.29) is 21.2 Å². The number of aromatic nitrogens is 2. The quantitative estimate of drug-likeness (QED) is 0.788. The zero-order chi connectivity index (χ0) is 19.3. The molecular formula is C17H23N3O4S2. The standard InChI is InChI=1S/C17H23N3O4S2/c1-12-7-8-13(2)16(11-12)25(21,22)20-15(4)17(14(3)18-20)26(23,24)19-9-5-6-10-19/h7-8,11H,5-6,9-10H2,1-4H3. The Balaban J connectivity index is 2.18. The number of aryl methyl sites for hydroxylation is 3. The highest BCUT2D eigenvalue weighted by atomic mass is 32.2. The predicted octanol–water partition coefficient (Wildman–Crippen LogP) is 2.14. The molecule has 0 aliphatic carbocycles. The lowest BCUT2D eigenvalue weighted by Crippen LogP contribution is -2.29. The van der Waals surface area contributed by atoms with Gasteiger partial charge in [-0.2, -0.15) is 21.9 Å². The molecule has 0 atom stereocenters. The van der Waals surface area contributed by atoms with Gasteiger partial charge in [-0.15, -0.1) is 0 Å². The molecule has 7 nitrogen and oxygen atoms in total. The van der Waals surface area contributed by atoms with E-state index in [1.807, 2.05) is 13.0 Å². The van der Waals surface area contributed by atoms with Crippen molar-refractivity contribution in [2.75, 3.05) is 13.1 Å². The normalized spacial score (nSPS) is 16.3. The first kappa shape index (κ1) is 19.1. The molecule has 142 valence electrons. The van der Waals surface area contributed by atoms with Crippen molar-refractivity contribution in [3.8, 4) is 0 Å². The molecule has 0 N–H and O–H groups in total. The van der Waals surface area contributed by atoms with Crippen molar-refractivity contribution in [3.63, 3.8) is 0 Å². The maximum atomic E-state index is 13.1. The van der Waals surface area contributed by atoms with Gasteiger partial charge in [0.2, 0.25) is 10.0 Å². The zero-order valence-electron chi connectivity index (χ0n) is 15.4. The second-order valence-electron chi connectivity index (χ2n) is 6.73. The van der Waals surface area contributed by atoms with Crippen molar-refractivity contribution >= 4 is 20.0 Å². The average Bonchev–Trinajstić information content (AvgIpc) is 3.18. The van der Waals surface area contributed by atoms with Crippen LogP contribution in [-0.4, -0.2) is 43.4 Å². The molecule has 3 rings (SSSR count). The molecule has 0 spiro atoms. The van der Waals surface area contributed by atoms with Crippen LogP contribution < -0.4 is 0 Å². The van der Waals surface area contributed by atoms with E-state index >= 15 is 0 Å². The highest BCUT2D eigenvalue weighted by Gasteiger charge is 2.35. The molecule has 0 amide bonds. The van der Waals surface area contributed by atoms with Crippen LogP contribution in [0.15, 0.2) is 28.0 Å². The van der Waals surface area contributed by atoms with Crippen molar-refractivity contribution in [2.45, 2.75) is 50.3 Å². The molecule has 0 bridgehead atoms. The lowest BCUT2D eigenvalue weighted by atomic mass is 10.2. The molecule has 1 aromatic heterocycles. The van der Waals surface area contributed by atoms with Gasteiger partial charge in [0, 0.05) is 13.1 Å². The molecule has 9 heteroatoms. The Morgan fingerprint density at radius 2 is 1.54 bits per heavy atom. The summed E-state index contributed by atoms with van der Waals surface area (Å²) < 4.78 is 54.4. The monoisotopic (exact) mass is 397 g/mol. The SMILES string of the molecule is Cc1ccc(C)c(S(=O)(=O)n2nc(C)c(S(=O)(=O)N3CCCC3)c2C)c1. The summed E-state index contributed by atoms with van der Waals surface area (Å²) in [6.07, 6.45) is 1.62. The van der Waals surface area contributed by atoms with Crippen LogP contribution >= 0.6 is 0 Å². The third-order valence-electron chi connectivity index (χ3n) is 4.70. The lowest BCUT2D eigenvalue weighted by molar-refractivity contribution is 0.476. The first-order chi connectivity index (χ1) is 12.1. The van der Waals surface area contributed by atoms with Gasteiger partial charge in [0.15, 0.2) is 0 Å². The first-order valence-electron chi connectivity index (χ1n) is 8.46. The summed E-state index contributed by atoms with van der Waals surface area (Å²) in [5.74, 6) is 0. The van der Waals surface area contributed by atoms with E-state index < -0.39 is 20.0 Å². The van der Waals surface area contributed by atoms with Gasteiger partial charge in [0.25, 0.3) is 10.0 Å². The van der Waals surface area contributed by atoms with E-state index in [0.29, 0.717) is 18.7 Å². The summed E-state index contributed by atoms with van der Waals surface area (Å²) in [6, 6.07) is 5.14. The Morgan fingerprint density at radius 3 is 2.15 bits per heavy atom. The largest absolute Gasteiger partial charge is 0.283 e. The zero-order valence-corrected chi connectivity index (χ0v) is 17.0. The van der Waals surface area contributed by atoms with Gasteiger partial charge < -0.3 is 0 Å². The fourth-order valence-corrected chi connectivity index (χ4v) is 6.96. The van der Waals surface area contributed by atoms with Crippen molar-refractivity contribution in [2.24, 2.45) is 0 Å². The number of hydrogen-bond acceptors (Lipinski definition) is 5. The van der Waals surface area contributed by atoms with Crippen LogP contribution in [-0.2, 0) is 20.0 Å². The highest BCUT2D eigenvalue weighted by molar-refractivity contribution is 7.90. The maximum absolute atomic E-state index is 13.1. The van der Waals surface area contributed by atoms with Crippen LogP contribution in [0.25, 0.3) is 0 Å². The number of nitrogens with zero attached hydrogens (tertiary/aromatic N) is 3. The molecule has 1 saturated heterocycles. The van der Waals surface area contributed by atoms with Crippen LogP contribution in [0.3, 0.4) is 0 Å². The maximum Gasteiger partial charge on any atom is 0.283 e. The second kappa shape index (κ2) is 6.47. The number of rotatable bonds is 4. The average molecular weight is 398 g/mol. The van der Waals surface area contributed by atoms with Crippen LogP contribution in [0.1, 0.15) is 35.4 Å². The lowest BCUT2D eigenvalue weighted by Gasteiger charge is -2.16. The fourth-order valence-electron chi connectivity index (χ4n) is 3.35. The van der Waals surface area contributed by atoms with Gasteiger partial charge in [-0.05, 0) is 57.7 Å². The molecule has 1 aliphatic heterocycles. The molecule has 2 heterocycles. The summed E-state index contributed by atoms with van der Waals surface area (Å²) in [6.45, 7) is 7.45. The summed E-state index contributed by atoms with van der Waals surface area (Å²) in [5.41, 5.74) is 1.71. The van der Waals surface area contributed by atoms with Gasteiger partial charge in [-0.1, -0.05) is 12.1 Å². The van der Waals surface area contributed by atoms with Crippen molar-refractivity contribution in [3.05, 3.63) is 40.7 Å². The molecule has 1 aromatic carbocycles. The van der Waals surface area contributed by atoms with Crippen molar-refractivity contribution in [1.82, 2.24) is 13.5 Å². The smallest absolute Gasteiger partial charge is 0.207 e. The second-order valence-corrected chi connectivity index (χ2v) is 10.3. The molecule has 0 radical (unpaired) electrons. The number of benzene rings is 1. The van der Waals surface area contributed by atoms with E-state index in [2.05, 4.69) is 5.10 Å². The summed E-state index contributed by atoms with van der Waals surface area (Å²) >= 11 is 0. The van der Waals surface area contributed by atoms with E-state index in [1.165, 1.54) is 18.2 Å². The van der Waals surface area contributed by atoms with E-state index in [4.69, 9.17) is 0 Å². The van der Waals surface area contributed by atoms with Crippen LogP contribution in [0.4, 0.5) is 0 Å². The molecule has 2 aromatic rings. The number of sulfonamides is 1. The van der Waals surface area contributed by atoms with Crippen molar-refractivity contribution in [1.29, 1.82) is 0 Å². The summed E-state index contributed by atoms with van der Waals surface area (Å²) in [4.78, 5) is 0.126. The Hall–Kier alpha value is -1.71. The van der Waals surface area contributed by atoms with Crippen molar-refractivity contribution < 1.29 is 16.8 Å². The fraction of sp³-hybridized carbons (Fsp3) is 0.471. The Morgan fingerprint density at radius 1 is 0.923 bits per heavy atom. The first-order valence-corrected chi connectivity index (χ1v) is 11.3. The van der Waals surface area contributed by atoms with Gasteiger partial charge in [-0.3, -0.25) is 0 Å². The van der Waals surface area contributed by atoms with Gasteiger partial charge >= 0.3 is 0 Å². The minimum Gasteiger partial charge on any atom is -0.207 e. The third-order valence-corrected chi connectivity index (χ3v) is 8.66. The topological polar surface area (TPSA) is 89.3 Å². The molecular weight excluding hydrogens is 374 g/mol. The third kappa shape index (κ3) is 2.97. The van der Waals surface area contributed by atoms with Gasteiger partial charge in [0.1, 0.15) is 4.90 Å². The molecule has 1 aliphatic rings. The Labute approximate surface area is 154 Å². The minimum atomic E-state index is -3.99. The minimum absolute atomic E-state index is 0.00622. The molecule has 0 saturated carbocycles. The van der Waals surface area contributed by atoms with Crippen LogP contribution in [0.2, 0.25) is 0 Å². The molecule has 26 heavy (non-hydrogen) atoms. The summed E-state index contributed by atoms with van der Waals surface area (Å²) in [5, 5.41) is 4.09. The Bertz CT molecular complexity index is 1060. The highest BCUT2D eigenvalue weighted by Crippen LogP contribution is 2.29.